The van der Waals surface area contributed by atoms with Gasteiger partial charge in [-0.05, 0) is 13.8 Å². The highest BCUT2D eigenvalue weighted by atomic mass is 16.2. The van der Waals surface area contributed by atoms with E-state index in [9.17, 15) is 9.59 Å². The summed E-state index contributed by atoms with van der Waals surface area (Å²) in [5, 5.41) is 3.11. The summed E-state index contributed by atoms with van der Waals surface area (Å²) < 4.78 is 2.47. The first-order chi connectivity index (χ1) is 7.43. The van der Waals surface area contributed by atoms with Crippen LogP contribution in [0, 0.1) is 0 Å². The highest BCUT2D eigenvalue weighted by Gasteiger charge is 2.22. The molecule has 1 N–H and O–H groups in total. The summed E-state index contributed by atoms with van der Waals surface area (Å²) in [7, 11) is 3.07. The largest absolute Gasteiger partial charge is 0.362 e. The molecule has 1 aromatic heterocycles. The smallest absolute Gasteiger partial charge is 0.332 e. The van der Waals surface area contributed by atoms with Crippen molar-refractivity contribution in [3.8, 4) is 0 Å². The van der Waals surface area contributed by atoms with Crippen molar-refractivity contribution in [3.63, 3.8) is 0 Å². The molecule has 0 spiro atoms. The van der Waals surface area contributed by atoms with Crippen LogP contribution >= 0.6 is 0 Å². The Hall–Kier alpha value is -1.85. The van der Waals surface area contributed by atoms with Crippen molar-refractivity contribution in [2.75, 3.05) is 5.32 Å². The van der Waals surface area contributed by atoms with Gasteiger partial charge in [0.05, 0.1) is 6.04 Å². The number of fused-ring (bicyclic) bond motifs is 1. The Morgan fingerprint density at radius 1 is 1.25 bits per heavy atom. The van der Waals surface area contributed by atoms with E-state index in [-0.39, 0.29) is 17.3 Å². The Morgan fingerprint density at radius 2 is 1.88 bits per heavy atom. The molecule has 1 unspecified atom stereocenters. The second kappa shape index (κ2) is 3.33. The molecule has 0 fully saturated rings. The molecule has 6 nitrogen and oxygen atoms in total. The van der Waals surface area contributed by atoms with Crippen LogP contribution < -0.4 is 16.6 Å². The summed E-state index contributed by atoms with van der Waals surface area (Å²) in [6, 6.07) is 0.0326. The van der Waals surface area contributed by atoms with Crippen molar-refractivity contribution in [3.05, 3.63) is 20.8 Å². The molecule has 1 aliphatic heterocycles. The minimum absolute atomic E-state index is 0.0326. The van der Waals surface area contributed by atoms with Crippen LogP contribution in [0.5, 0.6) is 0 Å². The second-order valence-electron chi connectivity index (χ2n) is 4.02. The molecule has 2 rings (SSSR count). The zero-order chi connectivity index (χ0) is 12.0. The van der Waals surface area contributed by atoms with E-state index in [1.807, 2.05) is 13.8 Å². The maximum absolute atomic E-state index is 11.8. The first-order valence-electron chi connectivity index (χ1n) is 5.05. The van der Waals surface area contributed by atoms with Gasteiger partial charge in [-0.15, -0.1) is 0 Å². The summed E-state index contributed by atoms with van der Waals surface area (Å²) in [5.41, 5.74) is 0.429. The van der Waals surface area contributed by atoms with Gasteiger partial charge >= 0.3 is 5.69 Å². The second-order valence-corrected chi connectivity index (χ2v) is 4.02. The molecule has 0 bridgehead atoms. The maximum Gasteiger partial charge on any atom is 0.332 e. The number of anilines is 1. The molecule has 0 radical (unpaired) electrons. The summed E-state index contributed by atoms with van der Waals surface area (Å²) in [6.45, 7) is 3.79. The van der Waals surface area contributed by atoms with Gasteiger partial charge in [0.25, 0.3) is 5.56 Å². The van der Waals surface area contributed by atoms with E-state index in [0.29, 0.717) is 11.5 Å². The van der Waals surface area contributed by atoms with Crippen LogP contribution in [-0.2, 0) is 14.1 Å². The van der Waals surface area contributed by atoms with Crippen molar-refractivity contribution < 1.29 is 0 Å². The Kier molecular flexibility index (Phi) is 2.22. The monoisotopic (exact) mass is 222 g/mol. The number of rotatable bonds is 0. The molecule has 1 aliphatic rings. The molecule has 0 saturated heterocycles. The molecular weight excluding hydrogens is 208 g/mol. The van der Waals surface area contributed by atoms with Crippen LogP contribution in [0.4, 0.5) is 11.5 Å². The number of aromatic nitrogens is 2. The van der Waals surface area contributed by atoms with Crippen LogP contribution in [-0.4, -0.2) is 20.9 Å². The normalized spacial score (nSPS) is 18.8. The average Bonchev–Trinajstić information content (AvgIpc) is 2.26. The van der Waals surface area contributed by atoms with Gasteiger partial charge in [0, 0.05) is 19.8 Å². The molecule has 1 atom stereocenters. The van der Waals surface area contributed by atoms with E-state index in [2.05, 4.69) is 10.3 Å². The number of hydrogen-bond donors (Lipinski definition) is 1. The third-order valence-electron chi connectivity index (χ3n) is 2.91. The van der Waals surface area contributed by atoms with E-state index in [4.69, 9.17) is 0 Å². The lowest BCUT2D eigenvalue weighted by molar-refractivity contribution is 0.685. The summed E-state index contributed by atoms with van der Waals surface area (Å²) in [6.07, 6.45) is 0. The predicted octanol–water partition coefficient (Wildman–Crippen LogP) is -0.00960. The summed E-state index contributed by atoms with van der Waals surface area (Å²) in [5.74, 6) is 0.492. The Balaban J connectivity index is 2.87. The van der Waals surface area contributed by atoms with Gasteiger partial charge in [0.15, 0.2) is 5.69 Å². The minimum atomic E-state index is -0.364. The van der Waals surface area contributed by atoms with Gasteiger partial charge in [-0.3, -0.25) is 13.9 Å². The molecule has 0 aromatic carbocycles. The lowest BCUT2D eigenvalue weighted by Crippen LogP contribution is -2.41. The van der Waals surface area contributed by atoms with Gasteiger partial charge in [-0.25, -0.2) is 9.79 Å². The molecule has 0 aliphatic carbocycles. The van der Waals surface area contributed by atoms with Crippen molar-refractivity contribution in [1.29, 1.82) is 0 Å². The van der Waals surface area contributed by atoms with Crippen molar-refractivity contribution in [2.24, 2.45) is 19.1 Å². The van der Waals surface area contributed by atoms with Crippen molar-refractivity contribution >= 4 is 17.2 Å². The fraction of sp³-hybridized carbons (Fsp3) is 0.500. The SMILES string of the molecule is CC1=Nc2c(n(C)c(=O)n(C)c2=O)NC1C. The fourth-order valence-corrected chi connectivity index (χ4v) is 1.68. The van der Waals surface area contributed by atoms with Crippen LogP contribution in [0.25, 0.3) is 0 Å². The first kappa shape index (κ1) is 10.7. The third kappa shape index (κ3) is 1.30. The van der Waals surface area contributed by atoms with E-state index < -0.39 is 0 Å². The molecule has 0 saturated carbocycles. The van der Waals surface area contributed by atoms with Gasteiger partial charge < -0.3 is 5.32 Å². The van der Waals surface area contributed by atoms with Crippen LogP contribution in [0.2, 0.25) is 0 Å². The number of nitrogens with zero attached hydrogens (tertiary/aromatic N) is 3. The van der Waals surface area contributed by atoms with E-state index in [0.717, 1.165) is 10.3 Å². The topological polar surface area (TPSA) is 68.4 Å². The highest BCUT2D eigenvalue weighted by molar-refractivity contribution is 5.95. The van der Waals surface area contributed by atoms with Gasteiger partial charge in [-0.1, -0.05) is 0 Å². The van der Waals surface area contributed by atoms with Crippen LogP contribution in [0.15, 0.2) is 14.6 Å². The van der Waals surface area contributed by atoms with Crippen molar-refractivity contribution in [1.82, 2.24) is 9.13 Å². The summed E-state index contributed by atoms with van der Waals surface area (Å²) in [4.78, 5) is 27.8. The van der Waals surface area contributed by atoms with Crippen LogP contribution in [0.1, 0.15) is 13.8 Å². The van der Waals surface area contributed by atoms with E-state index in [1.165, 1.54) is 11.6 Å². The van der Waals surface area contributed by atoms with Gasteiger partial charge in [-0.2, -0.15) is 0 Å². The van der Waals surface area contributed by atoms with Crippen molar-refractivity contribution in [2.45, 2.75) is 19.9 Å². The number of hydrogen-bond acceptors (Lipinski definition) is 4. The van der Waals surface area contributed by atoms with E-state index >= 15 is 0 Å². The van der Waals surface area contributed by atoms with Gasteiger partial charge in [0.2, 0.25) is 0 Å². The average molecular weight is 222 g/mol. The molecule has 16 heavy (non-hydrogen) atoms. The maximum atomic E-state index is 11.8. The standard InChI is InChI=1S/C10H14N4O2/c1-5-6(2)12-8-7(11-5)9(15)14(4)10(16)13(8)3/h6,12H,1-4H3. The lowest BCUT2D eigenvalue weighted by Gasteiger charge is -2.23. The molecule has 1 aromatic rings. The lowest BCUT2D eigenvalue weighted by atomic mass is 10.2. The molecule has 6 heteroatoms. The Morgan fingerprint density at radius 3 is 2.50 bits per heavy atom. The molecule has 2 heterocycles. The van der Waals surface area contributed by atoms with E-state index in [1.54, 1.807) is 7.05 Å². The number of nitrogens with one attached hydrogen (secondary N) is 1. The minimum Gasteiger partial charge on any atom is -0.362 e. The zero-order valence-electron chi connectivity index (χ0n) is 9.74. The quantitative estimate of drug-likeness (QED) is 0.671. The zero-order valence-corrected chi connectivity index (χ0v) is 9.74. The molecule has 86 valence electrons. The third-order valence-corrected chi connectivity index (χ3v) is 2.91. The Labute approximate surface area is 92.2 Å². The fourth-order valence-electron chi connectivity index (χ4n) is 1.68. The summed E-state index contributed by atoms with van der Waals surface area (Å²) >= 11 is 0. The number of aliphatic imine (C=N–C) groups is 1. The molecule has 0 amide bonds. The Bertz CT molecular complexity index is 594. The first-order valence-corrected chi connectivity index (χ1v) is 5.05. The molecular formula is C10H14N4O2. The highest BCUT2D eigenvalue weighted by Crippen LogP contribution is 2.23. The van der Waals surface area contributed by atoms with Gasteiger partial charge in [0.1, 0.15) is 5.82 Å². The predicted molar refractivity (Wildman–Crippen MR) is 62.8 cm³/mol. The van der Waals surface area contributed by atoms with Crippen LogP contribution in [0.3, 0.4) is 0 Å².